The number of rotatable bonds is 2. The van der Waals surface area contributed by atoms with Gasteiger partial charge in [-0.2, -0.15) is 17.1 Å². The normalized spacial score (nSPS) is 18.0. The Labute approximate surface area is 102 Å². The first-order valence-corrected chi connectivity index (χ1v) is 6.46. The molecule has 2 heterocycles. The Hall–Kier alpha value is -1.48. The van der Waals surface area contributed by atoms with Gasteiger partial charge in [0, 0.05) is 32.2 Å². The molecule has 0 bridgehead atoms. The van der Waals surface area contributed by atoms with Crippen LogP contribution in [0.25, 0.3) is 0 Å². The lowest BCUT2D eigenvalue weighted by Crippen LogP contribution is -2.49. The SMILES string of the molecule is O=C(c1ccc(F)o1)N1CCN(S(=O)(=O)F)CC1. The summed E-state index contributed by atoms with van der Waals surface area (Å²) in [5.41, 5.74) is 0. The van der Waals surface area contributed by atoms with Crippen molar-refractivity contribution >= 4 is 16.3 Å². The standard InChI is InChI=1S/C9H10F2N2O4S/c10-8-2-1-7(17-8)9(14)12-3-5-13(6-4-12)18(11,15)16/h1-2H,3-6H2. The van der Waals surface area contributed by atoms with E-state index in [1.165, 1.54) is 11.0 Å². The van der Waals surface area contributed by atoms with Crippen LogP contribution in [0.2, 0.25) is 0 Å². The number of hydrogen-bond acceptors (Lipinski definition) is 4. The number of nitrogens with zero attached hydrogens (tertiary/aromatic N) is 2. The minimum absolute atomic E-state index is 0.0320. The number of hydrogen-bond donors (Lipinski definition) is 0. The van der Waals surface area contributed by atoms with Gasteiger partial charge in [0.1, 0.15) is 0 Å². The summed E-state index contributed by atoms with van der Waals surface area (Å²) in [6, 6.07) is 1.33. The molecule has 1 aromatic rings. The van der Waals surface area contributed by atoms with Gasteiger partial charge in [-0.1, -0.05) is 3.89 Å². The van der Waals surface area contributed by atoms with Crippen molar-refractivity contribution in [2.45, 2.75) is 0 Å². The van der Waals surface area contributed by atoms with Gasteiger partial charge in [0.05, 0.1) is 0 Å². The van der Waals surface area contributed by atoms with Crippen molar-refractivity contribution in [1.82, 2.24) is 9.21 Å². The quantitative estimate of drug-likeness (QED) is 0.735. The van der Waals surface area contributed by atoms with Gasteiger partial charge in [0.15, 0.2) is 5.76 Å². The summed E-state index contributed by atoms with van der Waals surface area (Å²) < 4.78 is 51.7. The molecule has 0 N–H and O–H groups in total. The molecule has 18 heavy (non-hydrogen) atoms. The molecular formula is C9H10F2N2O4S. The summed E-state index contributed by atoms with van der Waals surface area (Å²) in [6.45, 7) is -0.198. The van der Waals surface area contributed by atoms with E-state index in [2.05, 4.69) is 4.42 Å². The van der Waals surface area contributed by atoms with Crippen LogP contribution in [0.1, 0.15) is 10.6 Å². The monoisotopic (exact) mass is 280 g/mol. The van der Waals surface area contributed by atoms with Crippen LogP contribution < -0.4 is 0 Å². The Kier molecular flexibility index (Phi) is 3.35. The van der Waals surface area contributed by atoms with E-state index in [0.29, 0.717) is 4.31 Å². The van der Waals surface area contributed by atoms with E-state index in [4.69, 9.17) is 0 Å². The second kappa shape index (κ2) is 4.65. The fourth-order valence-electron chi connectivity index (χ4n) is 1.69. The number of amides is 1. The van der Waals surface area contributed by atoms with Gasteiger partial charge in [-0.3, -0.25) is 4.79 Å². The van der Waals surface area contributed by atoms with Gasteiger partial charge >= 0.3 is 10.4 Å². The molecule has 9 heteroatoms. The number of piperazine rings is 1. The number of carbonyl (C=O) groups is 1. The predicted molar refractivity (Wildman–Crippen MR) is 56.2 cm³/mol. The highest BCUT2D eigenvalue weighted by molar-refractivity contribution is 7.83. The average molecular weight is 280 g/mol. The minimum Gasteiger partial charge on any atom is -0.426 e. The van der Waals surface area contributed by atoms with E-state index in [9.17, 15) is 21.5 Å². The Morgan fingerprint density at radius 2 is 1.83 bits per heavy atom. The molecule has 1 saturated heterocycles. The van der Waals surface area contributed by atoms with E-state index in [1.54, 1.807) is 0 Å². The molecule has 1 amide bonds. The molecule has 1 aliphatic heterocycles. The van der Waals surface area contributed by atoms with Crippen LogP contribution in [0.5, 0.6) is 0 Å². The largest absolute Gasteiger partial charge is 0.426 e. The third-order valence-corrected chi connectivity index (χ3v) is 3.60. The molecule has 6 nitrogen and oxygen atoms in total. The van der Waals surface area contributed by atoms with Crippen LogP contribution in [0.4, 0.5) is 8.28 Å². The van der Waals surface area contributed by atoms with Gasteiger partial charge in [0.25, 0.3) is 11.9 Å². The van der Waals surface area contributed by atoms with Crippen molar-refractivity contribution in [2.75, 3.05) is 26.2 Å². The Morgan fingerprint density at radius 3 is 2.28 bits per heavy atom. The number of furan rings is 1. The van der Waals surface area contributed by atoms with Crippen molar-refractivity contribution in [3.63, 3.8) is 0 Å². The molecule has 0 spiro atoms. The first-order valence-electron chi connectivity index (χ1n) is 5.12. The van der Waals surface area contributed by atoms with Gasteiger partial charge in [-0.25, -0.2) is 0 Å². The van der Waals surface area contributed by atoms with E-state index in [1.807, 2.05) is 0 Å². The maximum Gasteiger partial charge on any atom is 0.374 e. The zero-order chi connectivity index (χ0) is 13.3. The maximum atomic E-state index is 12.7. The third kappa shape index (κ3) is 2.67. The van der Waals surface area contributed by atoms with E-state index >= 15 is 0 Å². The summed E-state index contributed by atoms with van der Waals surface area (Å²) in [7, 11) is -4.72. The zero-order valence-corrected chi connectivity index (χ0v) is 9.99. The second-order valence-electron chi connectivity index (χ2n) is 3.74. The van der Waals surface area contributed by atoms with Crippen LogP contribution in [0, 0.1) is 6.01 Å². The molecule has 0 radical (unpaired) electrons. The average Bonchev–Trinajstić information content (AvgIpc) is 2.74. The first kappa shape index (κ1) is 13.0. The van der Waals surface area contributed by atoms with E-state index in [-0.39, 0.29) is 31.9 Å². The van der Waals surface area contributed by atoms with Crippen LogP contribution >= 0.6 is 0 Å². The van der Waals surface area contributed by atoms with Crippen LogP contribution in [-0.2, 0) is 10.4 Å². The molecule has 1 aromatic heterocycles. The summed E-state index contributed by atoms with van der Waals surface area (Å²) in [5.74, 6) is -0.709. The summed E-state index contributed by atoms with van der Waals surface area (Å²) in [6.07, 6.45) is 0. The van der Waals surface area contributed by atoms with Crippen LogP contribution in [0.15, 0.2) is 16.5 Å². The summed E-state index contributed by atoms with van der Waals surface area (Å²) in [4.78, 5) is 13.1. The van der Waals surface area contributed by atoms with Crippen molar-refractivity contribution in [3.8, 4) is 0 Å². The lowest BCUT2D eigenvalue weighted by atomic mass is 10.3. The Bertz CT molecular complexity index is 549. The van der Waals surface area contributed by atoms with Crippen LogP contribution in [-0.4, -0.2) is 49.7 Å². The van der Waals surface area contributed by atoms with E-state index in [0.717, 1.165) is 6.07 Å². The number of carbonyl (C=O) groups excluding carboxylic acids is 1. The van der Waals surface area contributed by atoms with Crippen molar-refractivity contribution < 1.29 is 25.9 Å². The number of halogens is 2. The van der Waals surface area contributed by atoms with Crippen molar-refractivity contribution in [3.05, 3.63) is 23.9 Å². The molecule has 0 aromatic carbocycles. The third-order valence-electron chi connectivity index (χ3n) is 2.62. The summed E-state index contributed by atoms with van der Waals surface area (Å²) >= 11 is 0. The van der Waals surface area contributed by atoms with Crippen LogP contribution in [0.3, 0.4) is 0 Å². The molecular weight excluding hydrogens is 270 g/mol. The van der Waals surface area contributed by atoms with E-state index < -0.39 is 22.3 Å². The lowest BCUT2D eigenvalue weighted by molar-refractivity contribution is 0.0654. The van der Waals surface area contributed by atoms with Gasteiger partial charge in [0.2, 0.25) is 0 Å². The Balaban J connectivity index is 2.00. The Morgan fingerprint density at radius 1 is 1.22 bits per heavy atom. The topological polar surface area (TPSA) is 70.8 Å². The highest BCUT2D eigenvalue weighted by Crippen LogP contribution is 2.13. The maximum absolute atomic E-state index is 12.7. The predicted octanol–water partition coefficient (Wildman–Crippen LogP) is 0.391. The zero-order valence-electron chi connectivity index (χ0n) is 9.17. The van der Waals surface area contributed by atoms with Crippen molar-refractivity contribution in [1.29, 1.82) is 0 Å². The molecule has 1 fully saturated rings. The molecule has 0 atom stereocenters. The van der Waals surface area contributed by atoms with Gasteiger partial charge < -0.3 is 9.32 Å². The molecule has 2 rings (SSSR count). The molecule has 0 saturated carbocycles. The lowest BCUT2D eigenvalue weighted by Gasteiger charge is -2.31. The highest BCUT2D eigenvalue weighted by atomic mass is 32.3. The fourth-order valence-corrected chi connectivity index (χ4v) is 2.29. The first-order chi connectivity index (χ1) is 8.38. The second-order valence-corrected chi connectivity index (χ2v) is 5.08. The fraction of sp³-hybridized carbons (Fsp3) is 0.444. The van der Waals surface area contributed by atoms with Gasteiger partial charge in [-0.05, 0) is 6.07 Å². The molecule has 1 aliphatic rings. The molecule has 0 unspecified atom stereocenters. The molecule has 0 aliphatic carbocycles. The summed E-state index contributed by atoms with van der Waals surface area (Å²) in [5, 5.41) is 0. The van der Waals surface area contributed by atoms with Gasteiger partial charge in [-0.15, -0.1) is 0 Å². The van der Waals surface area contributed by atoms with Crippen molar-refractivity contribution in [2.24, 2.45) is 0 Å². The molecule has 100 valence electrons. The highest BCUT2D eigenvalue weighted by Gasteiger charge is 2.29. The minimum atomic E-state index is -4.72. The smallest absolute Gasteiger partial charge is 0.374 e.